The van der Waals surface area contributed by atoms with Gasteiger partial charge in [0.15, 0.2) is 11.5 Å². The molecule has 0 aromatic heterocycles. The number of anilines is 1. The summed E-state index contributed by atoms with van der Waals surface area (Å²) in [5.74, 6) is 0.00955. The minimum atomic E-state index is -1.32. The van der Waals surface area contributed by atoms with E-state index in [-0.39, 0.29) is 13.2 Å². The zero-order valence-corrected chi connectivity index (χ0v) is 16.1. The van der Waals surface area contributed by atoms with Gasteiger partial charge >= 0.3 is 6.03 Å². The number of carbonyl (C=O) groups excluding carboxylic acids is 3. The van der Waals surface area contributed by atoms with Crippen molar-refractivity contribution >= 4 is 23.5 Å². The van der Waals surface area contributed by atoms with Crippen LogP contribution in [0, 0.1) is 11.3 Å². The van der Waals surface area contributed by atoms with Crippen LogP contribution in [-0.4, -0.2) is 36.1 Å². The molecule has 30 heavy (non-hydrogen) atoms. The van der Waals surface area contributed by atoms with Crippen LogP contribution in [0.3, 0.4) is 0 Å². The SMILES string of the molecule is C[C@]1(c2ccc3c(c2)OCO3)NC(=O)N(CC(=O)Nc2ccc(CC#N)cc2)C1=O. The van der Waals surface area contributed by atoms with Crippen LogP contribution in [-0.2, 0) is 21.5 Å². The summed E-state index contributed by atoms with van der Waals surface area (Å²) in [5, 5.41) is 14.0. The third kappa shape index (κ3) is 3.39. The van der Waals surface area contributed by atoms with Gasteiger partial charge in [-0.15, -0.1) is 0 Å². The molecular weight excluding hydrogens is 388 g/mol. The van der Waals surface area contributed by atoms with Crippen LogP contribution in [0.1, 0.15) is 18.1 Å². The third-order valence-corrected chi connectivity index (χ3v) is 5.05. The average molecular weight is 406 g/mol. The Morgan fingerprint density at radius 3 is 2.67 bits per heavy atom. The summed E-state index contributed by atoms with van der Waals surface area (Å²) in [7, 11) is 0. The van der Waals surface area contributed by atoms with Crippen molar-refractivity contribution in [2.45, 2.75) is 18.9 Å². The van der Waals surface area contributed by atoms with E-state index in [1.54, 1.807) is 49.4 Å². The van der Waals surface area contributed by atoms with Gasteiger partial charge in [0.2, 0.25) is 12.7 Å². The topological polar surface area (TPSA) is 121 Å². The molecule has 4 amide bonds. The van der Waals surface area contributed by atoms with Crippen LogP contribution in [0.25, 0.3) is 0 Å². The molecule has 4 rings (SSSR count). The Morgan fingerprint density at radius 2 is 1.93 bits per heavy atom. The minimum absolute atomic E-state index is 0.0968. The largest absolute Gasteiger partial charge is 0.454 e. The summed E-state index contributed by atoms with van der Waals surface area (Å²) in [6.07, 6.45) is 0.273. The summed E-state index contributed by atoms with van der Waals surface area (Å²) in [6.45, 7) is 1.25. The van der Waals surface area contributed by atoms with Crippen LogP contribution in [0.5, 0.6) is 11.5 Å². The lowest BCUT2D eigenvalue weighted by atomic mass is 9.91. The Bertz CT molecular complexity index is 1080. The number of benzene rings is 2. The van der Waals surface area contributed by atoms with Crippen molar-refractivity contribution in [1.29, 1.82) is 5.26 Å². The molecule has 0 saturated carbocycles. The Balaban J connectivity index is 1.46. The highest BCUT2D eigenvalue weighted by molar-refractivity contribution is 6.10. The number of nitriles is 1. The van der Waals surface area contributed by atoms with Gasteiger partial charge in [-0.3, -0.25) is 14.5 Å². The Labute approximate surface area is 172 Å². The van der Waals surface area contributed by atoms with Crippen LogP contribution < -0.4 is 20.1 Å². The molecule has 2 aromatic rings. The van der Waals surface area contributed by atoms with Gasteiger partial charge in [0, 0.05) is 5.69 Å². The van der Waals surface area contributed by atoms with Crippen molar-refractivity contribution < 1.29 is 23.9 Å². The van der Waals surface area contributed by atoms with Crippen LogP contribution >= 0.6 is 0 Å². The highest BCUT2D eigenvalue weighted by Gasteiger charge is 2.49. The number of ether oxygens (including phenoxy) is 2. The van der Waals surface area contributed by atoms with E-state index in [9.17, 15) is 14.4 Å². The van der Waals surface area contributed by atoms with Gasteiger partial charge in [0.05, 0.1) is 12.5 Å². The lowest BCUT2D eigenvalue weighted by Crippen LogP contribution is -2.42. The summed E-state index contributed by atoms with van der Waals surface area (Å²) in [4.78, 5) is 38.7. The van der Waals surface area contributed by atoms with Gasteiger partial charge in [-0.2, -0.15) is 5.26 Å². The first kappa shape index (κ1) is 19.3. The first-order valence-corrected chi connectivity index (χ1v) is 9.21. The number of hydrogen-bond donors (Lipinski definition) is 2. The van der Waals surface area contributed by atoms with Gasteiger partial charge in [0.1, 0.15) is 12.1 Å². The van der Waals surface area contributed by atoms with E-state index in [1.165, 1.54) is 0 Å². The highest BCUT2D eigenvalue weighted by Crippen LogP contribution is 2.37. The smallest absolute Gasteiger partial charge is 0.325 e. The second kappa shape index (κ2) is 7.40. The lowest BCUT2D eigenvalue weighted by Gasteiger charge is -2.22. The number of urea groups is 1. The predicted molar refractivity (Wildman–Crippen MR) is 105 cm³/mol. The van der Waals surface area contributed by atoms with Crippen LogP contribution in [0.4, 0.5) is 10.5 Å². The zero-order chi connectivity index (χ0) is 21.3. The maximum absolute atomic E-state index is 13.0. The van der Waals surface area contributed by atoms with E-state index < -0.39 is 29.9 Å². The molecule has 0 unspecified atom stereocenters. The molecule has 9 nitrogen and oxygen atoms in total. The fourth-order valence-electron chi connectivity index (χ4n) is 3.39. The fourth-order valence-corrected chi connectivity index (χ4v) is 3.39. The molecule has 2 aliphatic heterocycles. The number of imide groups is 1. The van der Waals surface area contributed by atoms with E-state index in [2.05, 4.69) is 10.6 Å². The number of nitrogens with zero attached hydrogens (tertiary/aromatic N) is 2. The van der Waals surface area contributed by atoms with Gasteiger partial charge in [0.25, 0.3) is 5.91 Å². The Morgan fingerprint density at radius 1 is 1.20 bits per heavy atom. The maximum atomic E-state index is 13.0. The number of rotatable bonds is 5. The highest BCUT2D eigenvalue weighted by atomic mass is 16.7. The molecule has 1 atom stereocenters. The van der Waals surface area contributed by atoms with E-state index >= 15 is 0 Å². The summed E-state index contributed by atoms with van der Waals surface area (Å²) in [5.41, 5.74) is 0.537. The normalized spacial score (nSPS) is 19.4. The number of fused-ring (bicyclic) bond motifs is 1. The molecule has 0 aliphatic carbocycles. The third-order valence-electron chi connectivity index (χ3n) is 5.05. The molecule has 0 spiro atoms. The molecular formula is C21H18N4O5. The molecule has 2 N–H and O–H groups in total. The van der Waals surface area contributed by atoms with Crippen molar-refractivity contribution in [2.24, 2.45) is 0 Å². The minimum Gasteiger partial charge on any atom is -0.454 e. The van der Waals surface area contributed by atoms with E-state index in [0.29, 0.717) is 22.7 Å². The first-order valence-electron chi connectivity index (χ1n) is 9.21. The van der Waals surface area contributed by atoms with Crippen molar-refractivity contribution in [1.82, 2.24) is 10.2 Å². The van der Waals surface area contributed by atoms with Gasteiger partial charge in [-0.1, -0.05) is 18.2 Å². The van der Waals surface area contributed by atoms with Gasteiger partial charge in [-0.05, 0) is 42.3 Å². The van der Waals surface area contributed by atoms with Crippen molar-refractivity contribution in [3.05, 3.63) is 53.6 Å². The van der Waals surface area contributed by atoms with Crippen LogP contribution in [0.2, 0.25) is 0 Å². The predicted octanol–water partition coefficient (Wildman–Crippen LogP) is 1.89. The fraction of sp³-hybridized carbons (Fsp3) is 0.238. The molecule has 152 valence electrons. The lowest BCUT2D eigenvalue weighted by molar-refractivity contribution is -0.133. The van der Waals surface area contributed by atoms with Gasteiger partial charge < -0.3 is 20.1 Å². The average Bonchev–Trinajstić information content (AvgIpc) is 3.28. The van der Waals surface area contributed by atoms with Gasteiger partial charge in [-0.25, -0.2) is 4.79 Å². The molecule has 0 bridgehead atoms. The number of hydrogen-bond acceptors (Lipinski definition) is 6. The van der Waals surface area contributed by atoms with Crippen molar-refractivity contribution in [3.63, 3.8) is 0 Å². The number of nitrogens with one attached hydrogen (secondary N) is 2. The molecule has 2 aliphatic rings. The maximum Gasteiger partial charge on any atom is 0.325 e. The summed E-state index contributed by atoms with van der Waals surface area (Å²) in [6, 6.07) is 13.2. The standard InChI is InChI=1S/C21H18N4O5/c1-21(14-4-7-16-17(10-14)30-12-29-16)19(27)25(20(28)24-21)11-18(26)23-15-5-2-13(3-6-15)8-9-22/h2-7,10H,8,11-12H2,1H3,(H,23,26)(H,24,28)/t21-/m1/s1. The molecule has 1 fully saturated rings. The Hall–Kier alpha value is -4.06. The van der Waals surface area contributed by atoms with Crippen LogP contribution in [0.15, 0.2) is 42.5 Å². The number of carbonyl (C=O) groups is 3. The quantitative estimate of drug-likeness (QED) is 0.732. The molecule has 1 saturated heterocycles. The first-order chi connectivity index (χ1) is 14.4. The summed E-state index contributed by atoms with van der Waals surface area (Å²) < 4.78 is 10.6. The number of amides is 4. The van der Waals surface area contributed by atoms with E-state index in [4.69, 9.17) is 14.7 Å². The monoisotopic (exact) mass is 406 g/mol. The Kier molecular flexibility index (Phi) is 4.75. The molecule has 2 aromatic carbocycles. The zero-order valence-electron chi connectivity index (χ0n) is 16.1. The molecule has 9 heteroatoms. The summed E-state index contributed by atoms with van der Waals surface area (Å²) >= 11 is 0. The van der Waals surface area contributed by atoms with E-state index in [1.807, 2.05) is 6.07 Å². The second-order valence-corrected chi connectivity index (χ2v) is 7.09. The molecule has 0 radical (unpaired) electrons. The van der Waals surface area contributed by atoms with E-state index in [0.717, 1.165) is 10.5 Å². The molecule has 2 heterocycles. The van der Waals surface area contributed by atoms with Crippen molar-refractivity contribution in [3.8, 4) is 17.6 Å². The second-order valence-electron chi connectivity index (χ2n) is 7.09. The van der Waals surface area contributed by atoms with Crippen molar-refractivity contribution in [2.75, 3.05) is 18.7 Å².